The van der Waals surface area contributed by atoms with Crippen molar-refractivity contribution in [1.82, 2.24) is 0 Å². The smallest absolute Gasteiger partial charge is 0.0621 e. The lowest BCUT2D eigenvalue weighted by molar-refractivity contribution is 1.62. The molecule has 4 heteroatoms. The molecule has 0 unspecified atom stereocenters. The molecular weight excluding hydrogens is 454 g/mol. The molecule has 30 heavy (non-hydrogen) atoms. The van der Waals surface area contributed by atoms with Crippen LogP contribution in [0.2, 0.25) is 20.1 Å². The number of hydrogen-bond donors (Lipinski definition) is 0. The van der Waals surface area contributed by atoms with Gasteiger partial charge in [-0.05, 0) is 41.8 Å². The Morgan fingerprint density at radius 2 is 0.800 bits per heavy atom. The van der Waals surface area contributed by atoms with E-state index < -0.39 is 0 Å². The lowest BCUT2D eigenvalue weighted by Gasteiger charge is -2.04. The standard InChI is InChI=1S/C26H12Cl4/c27-22-9-3-10-23(28)20(22)15-13-18-7-1-5-17-6-2-8-19(26(17)18)14-16-21-24(29)11-4-12-25(21)30/h1-12H. The van der Waals surface area contributed by atoms with Gasteiger partial charge in [0.1, 0.15) is 0 Å². The second-order valence-corrected chi connectivity index (χ2v) is 8.03. The summed E-state index contributed by atoms with van der Waals surface area (Å²) in [5.41, 5.74) is 2.87. The second-order valence-electron chi connectivity index (χ2n) is 6.40. The van der Waals surface area contributed by atoms with Crippen LogP contribution < -0.4 is 0 Å². The summed E-state index contributed by atoms with van der Waals surface area (Å²) in [6.45, 7) is 0. The van der Waals surface area contributed by atoms with E-state index in [0.29, 0.717) is 31.2 Å². The zero-order valence-corrected chi connectivity index (χ0v) is 18.5. The Bertz CT molecular complexity index is 1250. The first-order valence-corrected chi connectivity index (χ1v) is 10.5. The van der Waals surface area contributed by atoms with E-state index in [1.165, 1.54) is 0 Å². The highest BCUT2D eigenvalue weighted by Gasteiger charge is 2.06. The SMILES string of the molecule is Clc1cccc(Cl)c1C#Cc1cccc2cccc(C#Cc3c(Cl)cccc3Cl)c12. The molecule has 0 atom stereocenters. The third kappa shape index (κ3) is 4.29. The molecule has 0 saturated carbocycles. The zero-order chi connectivity index (χ0) is 21.1. The van der Waals surface area contributed by atoms with Crippen LogP contribution in [0.5, 0.6) is 0 Å². The maximum atomic E-state index is 6.26. The summed E-state index contributed by atoms with van der Waals surface area (Å²) < 4.78 is 0. The maximum absolute atomic E-state index is 6.26. The van der Waals surface area contributed by atoms with Crippen molar-refractivity contribution in [1.29, 1.82) is 0 Å². The summed E-state index contributed by atoms with van der Waals surface area (Å²) >= 11 is 25.0. The summed E-state index contributed by atoms with van der Waals surface area (Å²) in [5.74, 6) is 12.6. The third-order valence-corrected chi connectivity index (χ3v) is 5.73. The predicted octanol–water partition coefficient (Wildman–Crippen LogP) is 8.25. The Kier molecular flexibility index (Phi) is 6.24. The lowest BCUT2D eigenvalue weighted by Crippen LogP contribution is -1.87. The molecule has 4 rings (SSSR count). The summed E-state index contributed by atoms with van der Waals surface area (Å²) in [6.07, 6.45) is 0. The molecule has 4 aromatic carbocycles. The normalized spacial score (nSPS) is 10.1. The van der Waals surface area contributed by atoms with Crippen LogP contribution in [-0.4, -0.2) is 0 Å². The first-order valence-electron chi connectivity index (χ1n) is 8.98. The van der Waals surface area contributed by atoms with E-state index in [2.05, 4.69) is 23.7 Å². The fraction of sp³-hybridized carbons (Fsp3) is 0. The Labute approximate surface area is 195 Å². The Balaban J connectivity index is 1.88. The number of rotatable bonds is 0. The van der Waals surface area contributed by atoms with E-state index >= 15 is 0 Å². The maximum Gasteiger partial charge on any atom is 0.0621 e. The van der Waals surface area contributed by atoms with Crippen molar-refractivity contribution in [2.75, 3.05) is 0 Å². The predicted molar refractivity (Wildman–Crippen MR) is 129 cm³/mol. The van der Waals surface area contributed by atoms with E-state index in [1.807, 2.05) is 36.4 Å². The first-order chi connectivity index (χ1) is 14.5. The monoisotopic (exact) mass is 464 g/mol. The van der Waals surface area contributed by atoms with Crippen LogP contribution in [0.4, 0.5) is 0 Å². The van der Waals surface area contributed by atoms with E-state index in [9.17, 15) is 0 Å². The van der Waals surface area contributed by atoms with Gasteiger partial charge in [-0.25, -0.2) is 0 Å². The molecule has 0 heterocycles. The molecule has 0 N–H and O–H groups in total. The van der Waals surface area contributed by atoms with E-state index in [-0.39, 0.29) is 0 Å². The van der Waals surface area contributed by atoms with Gasteiger partial charge in [-0.15, -0.1) is 0 Å². The first kappa shape index (κ1) is 20.7. The largest absolute Gasteiger partial charge is 0.0829 e. The van der Waals surface area contributed by atoms with Crippen molar-refractivity contribution >= 4 is 57.2 Å². The molecule has 0 amide bonds. The van der Waals surface area contributed by atoms with E-state index in [4.69, 9.17) is 46.4 Å². The van der Waals surface area contributed by atoms with Gasteiger partial charge in [0, 0.05) is 16.5 Å². The van der Waals surface area contributed by atoms with Gasteiger partial charge in [-0.1, -0.05) is 106 Å². The van der Waals surface area contributed by atoms with Gasteiger partial charge in [0.15, 0.2) is 0 Å². The molecule has 0 fully saturated rings. The molecule has 144 valence electrons. The Morgan fingerprint density at radius 3 is 1.20 bits per heavy atom. The molecular formula is C26H12Cl4. The molecule has 0 bridgehead atoms. The van der Waals surface area contributed by atoms with Crippen LogP contribution in [0.15, 0.2) is 72.8 Å². The number of fused-ring (bicyclic) bond motifs is 1. The van der Waals surface area contributed by atoms with Gasteiger partial charge in [-0.2, -0.15) is 0 Å². The van der Waals surface area contributed by atoms with Gasteiger partial charge in [0.05, 0.1) is 31.2 Å². The number of halogens is 4. The van der Waals surface area contributed by atoms with Crippen molar-refractivity contribution in [3.63, 3.8) is 0 Å². The molecule has 0 spiro atoms. The van der Waals surface area contributed by atoms with Crippen LogP contribution in [0.3, 0.4) is 0 Å². The fourth-order valence-electron chi connectivity index (χ4n) is 3.04. The fourth-order valence-corrected chi connectivity index (χ4v) is 4.03. The van der Waals surface area contributed by atoms with Crippen LogP contribution in [0, 0.1) is 23.7 Å². The van der Waals surface area contributed by atoms with Crippen LogP contribution in [-0.2, 0) is 0 Å². The topological polar surface area (TPSA) is 0 Å². The Hall–Kier alpha value is -2.58. The average Bonchev–Trinajstić information content (AvgIpc) is 2.73. The molecule has 0 saturated heterocycles. The molecule has 0 aliphatic rings. The van der Waals surface area contributed by atoms with Gasteiger partial charge in [-0.3, -0.25) is 0 Å². The summed E-state index contributed by atoms with van der Waals surface area (Å²) in [4.78, 5) is 0. The molecule has 0 nitrogen and oxygen atoms in total. The van der Waals surface area contributed by atoms with Gasteiger partial charge in [0.2, 0.25) is 0 Å². The van der Waals surface area contributed by atoms with Gasteiger partial charge in [0.25, 0.3) is 0 Å². The Morgan fingerprint density at radius 1 is 0.433 bits per heavy atom. The average molecular weight is 466 g/mol. The summed E-state index contributed by atoms with van der Waals surface area (Å²) in [6, 6.07) is 22.5. The minimum Gasteiger partial charge on any atom is -0.0829 e. The minimum absolute atomic E-state index is 0.517. The van der Waals surface area contributed by atoms with Crippen LogP contribution >= 0.6 is 46.4 Å². The van der Waals surface area contributed by atoms with Crippen molar-refractivity contribution < 1.29 is 0 Å². The third-order valence-electron chi connectivity index (χ3n) is 4.47. The zero-order valence-electron chi connectivity index (χ0n) is 15.4. The van der Waals surface area contributed by atoms with Crippen LogP contribution in [0.25, 0.3) is 10.8 Å². The van der Waals surface area contributed by atoms with E-state index in [1.54, 1.807) is 36.4 Å². The van der Waals surface area contributed by atoms with Crippen molar-refractivity contribution in [3.8, 4) is 23.7 Å². The van der Waals surface area contributed by atoms with Crippen molar-refractivity contribution in [3.05, 3.63) is 115 Å². The van der Waals surface area contributed by atoms with Crippen molar-refractivity contribution in [2.24, 2.45) is 0 Å². The molecule has 4 aromatic rings. The molecule has 0 aromatic heterocycles. The number of hydrogen-bond acceptors (Lipinski definition) is 0. The highest BCUT2D eigenvalue weighted by molar-refractivity contribution is 6.37. The summed E-state index contributed by atoms with van der Waals surface area (Å²) in [7, 11) is 0. The number of benzene rings is 4. The van der Waals surface area contributed by atoms with Crippen LogP contribution in [0.1, 0.15) is 22.3 Å². The highest BCUT2D eigenvalue weighted by Crippen LogP contribution is 2.26. The second kappa shape index (κ2) is 9.06. The molecule has 0 radical (unpaired) electrons. The molecule has 0 aliphatic carbocycles. The van der Waals surface area contributed by atoms with Crippen molar-refractivity contribution in [2.45, 2.75) is 0 Å². The van der Waals surface area contributed by atoms with Gasteiger partial charge < -0.3 is 0 Å². The summed E-state index contributed by atoms with van der Waals surface area (Å²) in [5, 5.41) is 4.05. The van der Waals surface area contributed by atoms with Gasteiger partial charge >= 0.3 is 0 Å². The quantitative estimate of drug-likeness (QED) is 0.229. The minimum atomic E-state index is 0.517. The lowest BCUT2D eigenvalue weighted by atomic mass is 9.99. The molecule has 0 aliphatic heterocycles. The highest BCUT2D eigenvalue weighted by atomic mass is 35.5. The van der Waals surface area contributed by atoms with E-state index in [0.717, 1.165) is 21.9 Å².